The fraction of sp³-hybridized carbons (Fsp3) is 0.636. The third-order valence-corrected chi connectivity index (χ3v) is 2.61. The van der Waals surface area contributed by atoms with Crippen molar-refractivity contribution < 1.29 is 0 Å². The van der Waals surface area contributed by atoms with Crippen molar-refractivity contribution >= 4 is 17.4 Å². The summed E-state index contributed by atoms with van der Waals surface area (Å²) < 4.78 is 0. The molecule has 0 amide bonds. The number of nitrogens with zero attached hydrogens (tertiary/aromatic N) is 4. The number of anilines is 1. The number of aromatic nitrogens is 2. The van der Waals surface area contributed by atoms with Gasteiger partial charge in [0.2, 0.25) is 0 Å². The second-order valence-corrected chi connectivity index (χ2v) is 4.36. The summed E-state index contributed by atoms with van der Waals surface area (Å²) in [5.74, 6) is 1.31. The second-order valence-electron chi connectivity index (χ2n) is 4.09. The van der Waals surface area contributed by atoms with Crippen molar-refractivity contribution in [2.45, 2.75) is 12.3 Å². The second kappa shape index (κ2) is 6.66. The largest absolute Gasteiger partial charge is 0.358 e. The van der Waals surface area contributed by atoms with E-state index in [1.807, 2.05) is 19.2 Å². The summed E-state index contributed by atoms with van der Waals surface area (Å²) in [4.78, 5) is 4.28. The molecule has 1 aromatic heterocycles. The van der Waals surface area contributed by atoms with Gasteiger partial charge in [0.25, 0.3) is 0 Å². The van der Waals surface area contributed by atoms with Gasteiger partial charge in [-0.15, -0.1) is 16.7 Å². The van der Waals surface area contributed by atoms with Gasteiger partial charge in [-0.05, 0) is 39.2 Å². The van der Waals surface area contributed by atoms with Crippen molar-refractivity contribution in [1.82, 2.24) is 15.1 Å². The Labute approximate surface area is 102 Å². The van der Waals surface area contributed by atoms with Crippen LogP contribution in [-0.4, -0.2) is 49.3 Å². The zero-order valence-corrected chi connectivity index (χ0v) is 10.9. The van der Waals surface area contributed by atoms with Crippen LogP contribution in [0.15, 0.2) is 12.1 Å². The molecule has 0 fully saturated rings. The zero-order valence-electron chi connectivity index (χ0n) is 10.1. The summed E-state index contributed by atoms with van der Waals surface area (Å²) in [6.45, 7) is 2.06. The van der Waals surface area contributed by atoms with Crippen LogP contribution in [0.4, 0.5) is 5.82 Å². The molecule has 0 spiro atoms. The van der Waals surface area contributed by atoms with Gasteiger partial charge in [0, 0.05) is 13.6 Å². The number of hydrogen-bond acceptors (Lipinski definition) is 4. The predicted octanol–water partition coefficient (Wildman–Crippen LogP) is 1.60. The topological polar surface area (TPSA) is 32.3 Å². The van der Waals surface area contributed by atoms with Crippen LogP contribution in [0.1, 0.15) is 12.1 Å². The fourth-order valence-electron chi connectivity index (χ4n) is 1.37. The molecular formula is C11H19ClN4. The van der Waals surface area contributed by atoms with Crippen LogP contribution < -0.4 is 4.90 Å². The molecule has 90 valence electrons. The van der Waals surface area contributed by atoms with Gasteiger partial charge in [0.15, 0.2) is 5.82 Å². The van der Waals surface area contributed by atoms with Gasteiger partial charge in [-0.2, -0.15) is 5.10 Å². The molecule has 1 heterocycles. The molecule has 0 N–H and O–H groups in total. The molecule has 5 heteroatoms. The van der Waals surface area contributed by atoms with Crippen molar-refractivity contribution in [2.24, 2.45) is 0 Å². The SMILES string of the molecule is CN(C)CCCN(C)c1ccc(CCl)nn1. The molecule has 1 aromatic rings. The van der Waals surface area contributed by atoms with Crippen molar-refractivity contribution in [1.29, 1.82) is 0 Å². The van der Waals surface area contributed by atoms with E-state index in [2.05, 4.69) is 34.1 Å². The Balaban J connectivity index is 2.43. The molecular weight excluding hydrogens is 224 g/mol. The monoisotopic (exact) mass is 242 g/mol. The third kappa shape index (κ3) is 4.33. The van der Waals surface area contributed by atoms with E-state index >= 15 is 0 Å². The van der Waals surface area contributed by atoms with Crippen LogP contribution in [0, 0.1) is 0 Å². The first-order valence-corrected chi connectivity index (χ1v) is 5.91. The highest BCUT2D eigenvalue weighted by Crippen LogP contribution is 2.08. The lowest BCUT2D eigenvalue weighted by Crippen LogP contribution is -2.24. The maximum Gasteiger partial charge on any atom is 0.150 e. The van der Waals surface area contributed by atoms with Crippen LogP contribution in [0.2, 0.25) is 0 Å². The summed E-state index contributed by atoms with van der Waals surface area (Å²) in [6.07, 6.45) is 1.11. The number of rotatable bonds is 6. The summed E-state index contributed by atoms with van der Waals surface area (Å²) in [6, 6.07) is 3.87. The average molecular weight is 243 g/mol. The Hall–Kier alpha value is -0.870. The normalized spacial score (nSPS) is 10.8. The van der Waals surface area contributed by atoms with Crippen LogP contribution in [-0.2, 0) is 5.88 Å². The molecule has 0 aliphatic rings. The molecule has 0 aliphatic heterocycles. The molecule has 4 nitrogen and oxygen atoms in total. The molecule has 0 aromatic carbocycles. The number of hydrogen-bond donors (Lipinski definition) is 0. The quantitative estimate of drug-likeness (QED) is 0.710. The molecule has 16 heavy (non-hydrogen) atoms. The van der Waals surface area contributed by atoms with Crippen LogP contribution >= 0.6 is 11.6 Å². The van der Waals surface area contributed by atoms with Gasteiger partial charge in [-0.3, -0.25) is 0 Å². The van der Waals surface area contributed by atoms with E-state index in [-0.39, 0.29) is 0 Å². The van der Waals surface area contributed by atoms with Crippen molar-refractivity contribution in [3.8, 4) is 0 Å². The summed E-state index contributed by atoms with van der Waals surface area (Å²) in [5.41, 5.74) is 0.812. The lowest BCUT2D eigenvalue weighted by atomic mass is 10.3. The number of halogens is 1. The highest BCUT2D eigenvalue weighted by molar-refractivity contribution is 6.16. The van der Waals surface area contributed by atoms with Gasteiger partial charge in [-0.1, -0.05) is 0 Å². The van der Waals surface area contributed by atoms with Crippen LogP contribution in [0.25, 0.3) is 0 Å². The van der Waals surface area contributed by atoms with E-state index in [4.69, 9.17) is 11.6 Å². The molecule has 0 saturated carbocycles. The van der Waals surface area contributed by atoms with Crippen molar-refractivity contribution in [3.63, 3.8) is 0 Å². The predicted molar refractivity (Wildman–Crippen MR) is 68.0 cm³/mol. The van der Waals surface area contributed by atoms with E-state index in [1.165, 1.54) is 0 Å². The Morgan fingerprint density at radius 2 is 1.88 bits per heavy atom. The fourth-order valence-corrected chi connectivity index (χ4v) is 1.51. The average Bonchev–Trinajstić information content (AvgIpc) is 2.28. The first-order valence-electron chi connectivity index (χ1n) is 5.38. The van der Waals surface area contributed by atoms with Gasteiger partial charge in [0.1, 0.15) is 0 Å². The molecule has 0 saturated heterocycles. The molecule has 0 aliphatic carbocycles. The highest BCUT2D eigenvalue weighted by Gasteiger charge is 2.03. The third-order valence-electron chi connectivity index (χ3n) is 2.33. The van der Waals surface area contributed by atoms with E-state index in [0.717, 1.165) is 31.0 Å². The minimum Gasteiger partial charge on any atom is -0.358 e. The van der Waals surface area contributed by atoms with Gasteiger partial charge < -0.3 is 9.80 Å². The maximum atomic E-state index is 5.66. The summed E-state index contributed by atoms with van der Waals surface area (Å²) >= 11 is 5.66. The molecule has 1 rings (SSSR count). The van der Waals surface area contributed by atoms with Crippen LogP contribution in [0.5, 0.6) is 0 Å². The van der Waals surface area contributed by atoms with Crippen LogP contribution in [0.3, 0.4) is 0 Å². The Morgan fingerprint density at radius 3 is 2.38 bits per heavy atom. The van der Waals surface area contributed by atoms with E-state index < -0.39 is 0 Å². The van der Waals surface area contributed by atoms with E-state index in [1.54, 1.807) is 0 Å². The van der Waals surface area contributed by atoms with Crippen molar-refractivity contribution in [2.75, 3.05) is 39.1 Å². The first-order chi connectivity index (χ1) is 7.63. The first kappa shape index (κ1) is 13.2. The zero-order chi connectivity index (χ0) is 12.0. The lowest BCUT2D eigenvalue weighted by Gasteiger charge is -2.18. The summed E-state index contributed by atoms with van der Waals surface area (Å²) in [7, 11) is 6.18. The summed E-state index contributed by atoms with van der Waals surface area (Å²) in [5, 5.41) is 8.15. The minimum absolute atomic E-state index is 0.414. The van der Waals surface area contributed by atoms with E-state index in [0.29, 0.717) is 5.88 Å². The van der Waals surface area contributed by atoms with Crippen molar-refractivity contribution in [3.05, 3.63) is 17.8 Å². The minimum atomic E-state index is 0.414. The smallest absolute Gasteiger partial charge is 0.150 e. The van der Waals surface area contributed by atoms with E-state index in [9.17, 15) is 0 Å². The Morgan fingerprint density at radius 1 is 1.12 bits per heavy atom. The standard InChI is InChI=1S/C11H19ClN4/c1-15(2)7-4-8-16(3)11-6-5-10(9-12)13-14-11/h5-6H,4,7-9H2,1-3H3. The molecule has 0 bridgehead atoms. The lowest BCUT2D eigenvalue weighted by molar-refractivity contribution is 0.401. The Bertz CT molecular complexity index is 299. The van der Waals surface area contributed by atoms with Gasteiger partial charge in [0.05, 0.1) is 11.6 Å². The van der Waals surface area contributed by atoms with Gasteiger partial charge in [-0.25, -0.2) is 0 Å². The van der Waals surface area contributed by atoms with Gasteiger partial charge >= 0.3 is 0 Å². The highest BCUT2D eigenvalue weighted by atomic mass is 35.5. The molecule has 0 radical (unpaired) electrons. The Kier molecular flexibility index (Phi) is 5.49. The molecule has 0 unspecified atom stereocenters. The molecule has 0 atom stereocenters. The maximum absolute atomic E-state index is 5.66. The number of alkyl halides is 1.